The number of nitrogens with zero attached hydrogens (tertiary/aromatic N) is 1. The Balaban J connectivity index is 4.21. The average molecular weight is 1260 g/mol. The standard InChI is InChI=1S/C80H139N2O6P/c1-6-8-10-12-14-16-18-20-22-24-26-28-30-32-34-36-38-40-41-42-44-46-48-50-52-54-56-58-60-62-64-66-68-70-72-74-80(84)81-78(77-88-89(85,86)87-76-75-82(3,4)5)79(83)73-71-69-67-65-63-61-59-57-55-53-51-49-47-45-43-39-37-35-33-31-29-27-25-23-21-19-17-15-13-11-9-7-2/h8,10,14,16,20,22,26,28,32,34,38,40,42,44,48,50,54,56,60,62-63,65,71,73,78-79,83H,6-7,9,11-13,15,17-19,21,23-25,27,29-31,33,35-37,39,41,43,45-47,49,51-53,55,57-59,61,64,66-70,72,74-77H2,1-5H3,(H-,81,84,85,86)/p+1/b10-8-,16-14-,22-20-,28-26-,34-32-,40-38-,44-42-,50-48-,56-54-,62-60-,65-63+,73-71+. The lowest BCUT2D eigenvalue weighted by Gasteiger charge is -2.25. The molecule has 1 amide bonds. The van der Waals surface area contributed by atoms with Crippen molar-refractivity contribution in [2.24, 2.45) is 0 Å². The van der Waals surface area contributed by atoms with Gasteiger partial charge in [-0.25, -0.2) is 4.57 Å². The highest BCUT2D eigenvalue weighted by Crippen LogP contribution is 2.43. The normalized spacial score (nSPS) is 14.5. The molecule has 0 rings (SSSR count). The Morgan fingerprint density at radius 2 is 0.685 bits per heavy atom. The summed E-state index contributed by atoms with van der Waals surface area (Å²) in [4.78, 5) is 23.4. The van der Waals surface area contributed by atoms with E-state index >= 15 is 0 Å². The van der Waals surface area contributed by atoms with Gasteiger partial charge in [0.25, 0.3) is 0 Å². The van der Waals surface area contributed by atoms with E-state index in [9.17, 15) is 19.4 Å². The highest BCUT2D eigenvalue weighted by molar-refractivity contribution is 7.47. The van der Waals surface area contributed by atoms with Crippen LogP contribution in [0.1, 0.15) is 303 Å². The Hall–Kier alpha value is -3.62. The van der Waals surface area contributed by atoms with Gasteiger partial charge in [0.1, 0.15) is 13.2 Å². The van der Waals surface area contributed by atoms with Crippen LogP contribution in [-0.2, 0) is 18.4 Å². The van der Waals surface area contributed by atoms with E-state index in [-0.39, 0.29) is 19.1 Å². The number of aliphatic hydroxyl groups is 1. The third-order valence-electron chi connectivity index (χ3n) is 15.8. The SMILES string of the molecule is CC/C=C\C/C=C\C/C=C\C/C=C\C/C=C\C/C=C\C/C=C\C/C=C\C/C=C\C/C=C\CCCCCCC(=O)NC(COP(=O)(O)OCC[N+](C)(C)C)C(O)/C=C/CC/C=C/CCCCCCCCCCCCCCCCCCCCCCCCCCCC. The summed E-state index contributed by atoms with van der Waals surface area (Å²) < 4.78 is 23.8. The average Bonchev–Trinajstić information content (AvgIpc) is 3.64. The van der Waals surface area contributed by atoms with Crippen molar-refractivity contribution in [3.8, 4) is 0 Å². The molecule has 0 radical (unpaired) electrons. The van der Waals surface area contributed by atoms with Crippen molar-refractivity contribution in [2.45, 2.75) is 315 Å². The molecule has 0 aliphatic rings. The van der Waals surface area contributed by atoms with E-state index in [4.69, 9.17) is 9.05 Å². The second kappa shape index (κ2) is 68.7. The number of aliphatic hydroxyl groups excluding tert-OH is 1. The molecule has 0 aromatic heterocycles. The number of unbranched alkanes of at least 4 members (excludes halogenated alkanes) is 31. The van der Waals surface area contributed by atoms with Gasteiger partial charge in [0, 0.05) is 6.42 Å². The number of rotatable bonds is 66. The molecular weight excluding hydrogens is 1120 g/mol. The molecule has 3 atom stereocenters. The monoisotopic (exact) mass is 1260 g/mol. The zero-order valence-corrected chi connectivity index (χ0v) is 59.3. The van der Waals surface area contributed by atoms with Crippen LogP contribution >= 0.6 is 7.82 Å². The van der Waals surface area contributed by atoms with Crippen molar-refractivity contribution in [1.82, 2.24) is 5.32 Å². The van der Waals surface area contributed by atoms with Crippen molar-refractivity contribution >= 4 is 13.7 Å². The molecule has 0 saturated carbocycles. The van der Waals surface area contributed by atoms with Crippen LogP contribution in [0.2, 0.25) is 0 Å². The molecule has 3 N–H and O–H groups in total. The van der Waals surface area contributed by atoms with Crippen LogP contribution in [0, 0.1) is 0 Å². The summed E-state index contributed by atoms with van der Waals surface area (Å²) in [5.41, 5.74) is 0. The van der Waals surface area contributed by atoms with Crippen LogP contribution < -0.4 is 5.32 Å². The fraction of sp³-hybridized carbons (Fsp3) is 0.688. The lowest BCUT2D eigenvalue weighted by Crippen LogP contribution is -2.45. The van der Waals surface area contributed by atoms with E-state index in [1.807, 2.05) is 27.2 Å². The molecule has 8 nitrogen and oxygen atoms in total. The highest BCUT2D eigenvalue weighted by Gasteiger charge is 2.28. The van der Waals surface area contributed by atoms with Gasteiger partial charge in [0.15, 0.2) is 0 Å². The van der Waals surface area contributed by atoms with Gasteiger partial charge in [-0.05, 0) is 109 Å². The van der Waals surface area contributed by atoms with Crippen molar-refractivity contribution < 1.29 is 32.9 Å². The number of phosphoric acid groups is 1. The largest absolute Gasteiger partial charge is 0.472 e. The van der Waals surface area contributed by atoms with Gasteiger partial charge in [-0.15, -0.1) is 0 Å². The summed E-state index contributed by atoms with van der Waals surface area (Å²) >= 11 is 0. The first kappa shape index (κ1) is 85.4. The van der Waals surface area contributed by atoms with Gasteiger partial charge < -0.3 is 19.8 Å². The van der Waals surface area contributed by atoms with Gasteiger partial charge in [-0.1, -0.05) is 333 Å². The van der Waals surface area contributed by atoms with Crippen LogP contribution in [-0.4, -0.2) is 73.4 Å². The topological polar surface area (TPSA) is 105 Å². The summed E-state index contributed by atoms with van der Waals surface area (Å²) in [5.74, 6) is -0.214. The Kier molecular flexibility index (Phi) is 65.9. The first-order chi connectivity index (χ1) is 43.5. The zero-order chi connectivity index (χ0) is 64.8. The number of hydrogen-bond acceptors (Lipinski definition) is 5. The minimum Gasteiger partial charge on any atom is -0.387 e. The number of quaternary nitrogens is 1. The lowest BCUT2D eigenvalue weighted by molar-refractivity contribution is -0.870. The summed E-state index contributed by atoms with van der Waals surface area (Å²) in [6.45, 7) is 4.67. The van der Waals surface area contributed by atoms with Crippen LogP contribution in [0.25, 0.3) is 0 Å². The van der Waals surface area contributed by atoms with E-state index in [0.717, 1.165) is 116 Å². The molecule has 510 valence electrons. The maximum atomic E-state index is 13.1. The molecule has 0 saturated heterocycles. The van der Waals surface area contributed by atoms with Crippen LogP contribution in [0.4, 0.5) is 0 Å². The molecule has 0 heterocycles. The van der Waals surface area contributed by atoms with E-state index in [1.54, 1.807) is 6.08 Å². The number of allylic oxidation sites excluding steroid dienone is 23. The zero-order valence-electron chi connectivity index (χ0n) is 58.4. The Labute approximate surface area is 550 Å². The molecule has 0 aromatic carbocycles. The molecule has 9 heteroatoms. The van der Waals surface area contributed by atoms with Crippen molar-refractivity contribution in [3.05, 3.63) is 146 Å². The fourth-order valence-corrected chi connectivity index (χ4v) is 10.9. The van der Waals surface area contributed by atoms with Crippen molar-refractivity contribution in [3.63, 3.8) is 0 Å². The van der Waals surface area contributed by atoms with Crippen LogP contribution in [0.15, 0.2) is 146 Å². The van der Waals surface area contributed by atoms with Gasteiger partial charge >= 0.3 is 7.82 Å². The quantitative estimate of drug-likeness (QED) is 0.0243. The molecule has 0 aliphatic carbocycles. The predicted molar refractivity (Wildman–Crippen MR) is 391 cm³/mol. The molecule has 0 bridgehead atoms. The van der Waals surface area contributed by atoms with Crippen molar-refractivity contribution in [1.29, 1.82) is 0 Å². The molecule has 0 aliphatic heterocycles. The second-order valence-corrected chi connectivity index (χ2v) is 27.0. The van der Waals surface area contributed by atoms with Crippen LogP contribution in [0.3, 0.4) is 0 Å². The maximum Gasteiger partial charge on any atom is 0.472 e. The van der Waals surface area contributed by atoms with Crippen molar-refractivity contribution in [2.75, 3.05) is 40.9 Å². The number of nitrogens with one attached hydrogen (secondary N) is 1. The number of phosphoric ester groups is 1. The van der Waals surface area contributed by atoms with E-state index in [0.29, 0.717) is 17.4 Å². The number of hydrogen-bond donors (Lipinski definition) is 3. The third kappa shape index (κ3) is 71.7. The van der Waals surface area contributed by atoms with Gasteiger partial charge in [-0.3, -0.25) is 13.8 Å². The molecule has 0 fully saturated rings. The summed E-state index contributed by atoms with van der Waals surface area (Å²) in [7, 11) is 1.52. The Morgan fingerprint density at radius 3 is 1.03 bits per heavy atom. The van der Waals surface area contributed by atoms with Crippen LogP contribution in [0.5, 0.6) is 0 Å². The smallest absolute Gasteiger partial charge is 0.387 e. The molecule has 89 heavy (non-hydrogen) atoms. The molecular formula is C80H140N2O6P+. The molecule has 3 unspecified atom stereocenters. The Bertz CT molecular complexity index is 1960. The first-order valence-electron chi connectivity index (χ1n) is 36.7. The van der Waals surface area contributed by atoms with Gasteiger partial charge in [0.05, 0.1) is 39.9 Å². The second-order valence-electron chi connectivity index (χ2n) is 25.6. The lowest BCUT2D eigenvalue weighted by atomic mass is 10.0. The predicted octanol–water partition coefficient (Wildman–Crippen LogP) is 23.9. The number of amides is 1. The number of likely N-dealkylation sites (N-methyl/N-ethyl adjacent to an activating group) is 1. The number of carbonyl (C=O) groups is 1. The fourth-order valence-electron chi connectivity index (χ4n) is 10.1. The first-order valence-corrected chi connectivity index (χ1v) is 38.2. The minimum atomic E-state index is -4.38. The molecule has 0 aromatic rings. The molecule has 0 spiro atoms. The van der Waals surface area contributed by atoms with E-state index in [1.165, 1.54) is 167 Å². The summed E-state index contributed by atoms with van der Waals surface area (Å²) in [6, 6.07) is -0.891. The summed E-state index contributed by atoms with van der Waals surface area (Å²) in [5, 5.41) is 14.0. The summed E-state index contributed by atoms with van der Waals surface area (Å²) in [6.07, 6.45) is 106. The highest BCUT2D eigenvalue weighted by atomic mass is 31.2. The van der Waals surface area contributed by atoms with Gasteiger partial charge in [-0.2, -0.15) is 0 Å². The Morgan fingerprint density at radius 1 is 0.393 bits per heavy atom. The minimum absolute atomic E-state index is 0.0431. The maximum absolute atomic E-state index is 13.1. The number of carbonyl (C=O) groups excluding carboxylic acids is 1. The van der Waals surface area contributed by atoms with E-state index < -0.39 is 20.0 Å². The third-order valence-corrected chi connectivity index (χ3v) is 16.8. The van der Waals surface area contributed by atoms with Gasteiger partial charge in [0.2, 0.25) is 5.91 Å². The van der Waals surface area contributed by atoms with E-state index in [2.05, 4.69) is 153 Å².